The lowest BCUT2D eigenvalue weighted by molar-refractivity contribution is 0.0632. The summed E-state index contributed by atoms with van der Waals surface area (Å²) in [6.07, 6.45) is 2.98. The number of piperidine rings is 1. The highest BCUT2D eigenvalue weighted by Gasteiger charge is 2.33. The Labute approximate surface area is 195 Å². The second-order valence-corrected chi connectivity index (χ2v) is 9.16. The van der Waals surface area contributed by atoms with Crippen LogP contribution in [0.5, 0.6) is 11.5 Å². The fourth-order valence-electron chi connectivity index (χ4n) is 5.12. The molecule has 0 unspecified atom stereocenters. The highest BCUT2D eigenvalue weighted by atomic mass is 16.6. The van der Waals surface area contributed by atoms with E-state index in [-0.39, 0.29) is 17.8 Å². The number of hydrogen-bond acceptors (Lipinski definition) is 9. The second-order valence-electron chi connectivity index (χ2n) is 9.16. The van der Waals surface area contributed by atoms with E-state index in [1.807, 2.05) is 18.2 Å². The van der Waals surface area contributed by atoms with Crippen LogP contribution in [-0.4, -0.2) is 80.3 Å². The normalized spacial score (nSPS) is 22.3. The number of fused-ring (bicyclic) bond motifs is 2. The number of aliphatic hydroxyl groups excluding tert-OH is 1. The largest absolute Gasteiger partial charge is 0.486 e. The fraction of sp³-hybridized carbons (Fsp3) is 0.565. The van der Waals surface area contributed by atoms with Crippen molar-refractivity contribution < 1.29 is 19.3 Å². The van der Waals surface area contributed by atoms with E-state index >= 15 is 0 Å². The number of rotatable bonds is 5. The third-order valence-corrected chi connectivity index (χ3v) is 6.90. The molecule has 0 aliphatic carbocycles. The van der Waals surface area contributed by atoms with Crippen molar-refractivity contribution in [2.24, 2.45) is 0 Å². The van der Waals surface area contributed by atoms with Gasteiger partial charge >= 0.3 is 0 Å². The molecule has 0 amide bonds. The summed E-state index contributed by atoms with van der Waals surface area (Å²) in [5, 5.41) is 23.5. The van der Waals surface area contributed by atoms with Gasteiger partial charge in [-0.25, -0.2) is 4.68 Å². The minimum atomic E-state index is -0.453. The first-order valence-corrected chi connectivity index (χ1v) is 11.9. The van der Waals surface area contributed by atoms with E-state index in [0.717, 1.165) is 24.8 Å². The van der Waals surface area contributed by atoms with Crippen molar-refractivity contribution in [3.8, 4) is 11.5 Å². The van der Waals surface area contributed by atoms with Crippen molar-refractivity contribution in [2.75, 3.05) is 32.9 Å². The summed E-state index contributed by atoms with van der Waals surface area (Å²) < 4.78 is 19.0. The van der Waals surface area contributed by atoms with Gasteiger partial charge in [-0.15, -0.1) is 5.10 Å². The van der Waals surface area contributed by atoms with E-state index in [2.05, 4.69) is 25.4 Å². The Morgan fingerprint density at radius 2 is 1.88 bits per heavy atom. The van der Waals surface area contributed by atoms with Crippen LogP contribution in [0.4, 0.5) is 0 Å². The van der Waals surface area contributed by atoms with Gasteiger partial charge in [-0.05, 0) is 48.2 Å². The van der Waals surface area contributed by atoms with Crippen molar-refractivity contribution in [1.82, 2.24) is 30.1 Å². The number of likely N-dealkylation sites (tertiary alicyclic amines) is 1. The number of pyridine rings is 1. The quantitative estimate of drug-likeness (QED) is 0.564. The molecule has 5 heterocycles. The van der Waals surface area contributed by atoms with Gasteiger partial charge in [-0.2, -0.15) is 0 Å². The van der Waals surface area contributed by atoms with Crippen LogP contribution in [0.1, 0.15) is 43.1 Å². The summed E-state index contributed by atoms with van der Waals surface area (Å²) in [6, 6.07) is 5.15. The van der Waals surface area contributed by atoms with Crippen LogP contribution in [0.3, 0.4) is 0 Å². The minimum absolute atomic E-state index is 0.0598. The van der Waals surface area contributed by atoms with Crippen molar-refractivity contribution in [1.29, 1.82) is 0 Å². The van der Waals surface area contributed by atoms with Crippen LogP contribution in [0.15, 0.2) is 23.0 Å². The highest BCUT2D eigenvalue weighted by Crippen LogP contribution is 2.35. The average molecular weight is 469 g/mol. The van der Waals surface area contributed by atoms with Crippen LogP contribution < -0.4 is 15.0 Å². The summed E-state index contributed by atoms with van der Waals surface area (Å²) >= 11 is 0. The van der Waals surface area contributed by atoms with Crippen LogP contribution in [-0.2, 0) is 11.3 Å². The number of hydrogen-bond donors (Lipinski definition) is 2. The Morgan fingerprint density at radius 1 is 1.09 bits per heavy atom. The third-order valence-electron chi connectivity index (χ3n) is 6.90. The van der Waals surface area contributed by atoms with E-state index in [0.29, 0.717) is 74.1 Å². The summed E-state index contributed by atoms with van der Waals surface area (Å²) in [4.78, 5) is 18.6. The van der Waals surface area contributed by atoms with Gasteiger partial charge in [0.1, 0.15) is 19.3 Å². The molecule has 0 spiro atoms. The number of benzene rings is 1. The Hall–Kier alpha value is -3.02. The SMILES string of the molecule is O=c1[nH]c2cc3c(cc2cc1[C@@H](c1nnnn1C[C@@H]1CCCO1)N1CCC(O)CC1)OCCO3. The van der Waals surface area contributed by atoms with Crippen molar-refractivity contribution in [2.45, 2.75) is 50.5 Å². The van der Waals surface area contributed by atoms with Crippen LogP contribution >= 0.6 is 0 Å². The van der Waals surface area contributed by atoms with Crippen LogP contribution in [0, 0.1) is 0 Å². The zero-order chi connectivity index (χ0) is 23.1. The second kappa shape index (κ2) is 8.97. The molecule has 0 saturated carbocycles. The van der Waals surface area contributed by atoms with Crippen molar-refractivity contribution in [3.05, 3.63) is 39.9 Å². The Kier molecular flexibility index (Phi) is 5.67. The topological polar surface area (TPSA) is 128 Å². The number of tetrazole rings is 1. The van der Waals surface area contributed by atoms with Gasteiger partial charge in [-0.3, -0.25) is 9.69 Å². The molecule has 0 radical (unpaired) electrons. The number of H-pyrrole nitrogens is 1. The number of ether oxygens (including phenoxy) is 3. The van der Waals surface area contributed by atoms with Crippen LogP contribution in [0.2, 0.25) is 0 Å². The average Bonchev–Trinajstić information content (AvgIpc) is 3.52. The molecule has 180 valence electrons. The highest BCUT2D eigenvalue weighted by molar-refractivity contribution is 5.83. The van der Waals surface area contributed by atoms with Gasteiger partial charge in [0.2, 0.25) is 0 Å². The molecule has 2 N–H and O–H groups in total. The lowest BCUT2D eigenvalue weighted by atomic mass is 9.99. The standard InChI is InChI=1S/C23H28N6O5/c30-15-3-5-28(6-4-15)21(22-25-26-27-29(22)13-16-2-1-7-32-16)17-10-14-11-19-20(34-9-8-33-19)12-18(14)24-23(17)31/h10-12,15-16,21,30H,1-9,13H2,(H,24,31)/t16-,21-/m0/s1. The molecular formula is C23H28N6O5. The van der Waals surface area contributed by atoms with E-state index in [9.17, 15) is 9.90 Å². The minimum Gasteiger partial charge on any atom is -0.486 e. The van der Waals surface area contributed by atoms with Crippen LogP contribution in [0.25, 0.3) is 10.9 Å². The predicted molar refractivity (Wildman–Crippen MR) is 121 cm³/mol. The van der Waals surface area contributed by atoms with E-state index < -0.39 is 6.04 Å². The molecule has 2 aromatic heterocycles. The predicted octanol–water partition coefficient (Wildman–Crippen LogP) is 1.01. The monoisotopic (exact) mass is 468 g/mol. The maximum Gasteiger partial charge on any atom is 0.253 e. The first-order chi connectivity index (χ1) is 16.7. The van der Waals surface area contributed by atoms with Gasteiger partial charge in [0.25, 0.3) is 5.56 Å². The smallest absolute Gasteiger partial charge is 0.253 e. The molecule has 2 fully saturated rings. The fourth-order valence-corrected chi connectivity index (χ4v) is 5.12. The number of aromatic nitrogens is 5. The summed E-state index contributed by atoms with van der Waals surface area (Å²) in [7, 11) is 0. The number of aromatic amines is 1. The number of aliphatic hydroxyl groups is 1. The molecule has 2 saturated heterocycles. The zero-order valence-electron chi connectivity index (χ0n) is 18.9. The Morgan fingerprint density at radius 3 is 2.65 bits per heavy atom. The molecule has 6 rings (SSSR count). The molecular weight excluding hydrogens is 440 g/mol. The molecule has 34 heavy (non-hydrogen) atoms. The van der Waals surface area contributed by atoms with Crippen molar-refractivity contribution >= 4 is 10.9 Å². The molecule has 11 heteroatoms. The lowest BCUT2D eigenvalue weighted by Crippen LogP contribution is -2.42. The van der Waals surface area contributed by atoms with Gasteiger partial charge in [0.15, 0.2) is 17.3 Å². The summed E-state index contributed by atoms with van der Waals surface area (Å²) in [5.41, 5.74) is 1.04. The van der Waals surface area contributed by atoms with Gasteiger partial charge < -0.3 is 24.3 Å². The van der Waals surface area contributed by atoms with E-state index in [1.54, 1.807) is 4.68 Å². The molecule has 1 aromatic carbocycles. The van der Waals surface area contributed by atoms with Gasteiger partial charge in [0.05, 0.1) is 24.3 Å². The maximum absolute atomic E-state index is 13.4. The first kappa shape index (κ1) is 21.5. The number of nitrogens with zero attached hydrogens (tertiary/aromatic N) is 5. The lowest BCUT2D eigenvalue weighted by Gasteiger charge is -2.35. The first-order valence-electron chi connectivity index (χ1n) is 11.9. The van der Waals surface area contributed by atoms with Gasteiger partial charge in [-0.1, -0.05) is 0 Å². The van der Waals surface area contributed by atoms with Gasteiger partial charge in [0, 0.05) is 36.7 Å². The third kappa shape index (κ3) is 4.04. The number of nitrogens with one attached hydrogen (secondary N) is 1. The Balaban J connectivity index is 1.43. The molecule has 3 aliphatic heterocycles. The zero-order valence-corrected chi connectivity index (χ0v) is 18.9. The van der Waals surface area contributed by atoms with E-state index in [1.165, 1.54) is 0 Å². The molecule has 3 aliphatic rings. The summed E-state index contributed by atoms with van der Waals surface area (Å²) in [5.74, 6) is 1.90. The molecule has 3 aromatic rings. The Bertz CT molecular complexity index is 1230. The summed E-state index contributed by atoms with van der Waals surface area (Å²) in [6.45, 7) is 3.53. The molecule has 11 nitrogen and oxygen atoms in total. The van der Waals surface area contributed by atoms with E-state index in [4.69, 9.17) is 14.2 Å². The molecule has 0 bridgehead atoms. The molecule has 2 atom stereocenters. The maximum atomic E-state index is 13.4. The van der Waals surface area contributed by atoms with Crippen molar-refractivity contribution in [3.63, 3.8) is 0 Å².